The maximum atomic E-state index is 10.0. The Bertz CT molecular complexity index is 355. The second kappa shape index (κ2) is 6.64. The SMILES string of the molecule is OC(CNCC1CCCS1)c1ccccc1Cl. The van der Waals surface area contributed by atoms with Gasteiger partial charge >= 0.3 is 0 Å². The number of benzene rings is 1. The molecule has 2 N–H and O–H groups in total. The summed E-state index contributed by atoms with van der Waals surface area (Å²) < 4.78 is 0. The number of halogens is 1. The number of rotatable bonds is 5. The van der Waals surface area contributed by atoms with E-state index in [-0.39, 0.29) is 0 Å². The fourth-order valence-electron chi connectivity index (χ4n) is 2.04. The van der Waals surface area contributed by atoms with E-state index in [1.54, 1.807) is 0 Å². The normalized spacial score (nSPS) is 21.6. The zero-order valence-corrected chi connectivity index (χ0v) is 11.3. The zero-order valence-electron chi connectivity index (χ0n) is 9.73. The van der Waals surface area contributed by atoms with Gasteiger partial charge in [-0.3, -0.25) is 0 Å². The first kappa shape index (κ1) is 13.2. The summed E-state index contributed by atoms with van der Waals surface area (Å²) in [6.07, 6.45) is 2.10. The van der Waals surface area contributed by atoms with E-state index in [0.29, 0.717) is 16.8 Å². The Morgan fingerprint density at radius 2 is 2.29 bits per heavy atom. The highest BCUT2D eigenvalue weighted by Gasteiger charge is 2.16. The Hall–Kier alpha value is -0.220. The third-order valence-electron chi connectivity index (χ3n) is 3.00. The highest BCUT2D eigenvalue weighted by molar-refractivity contribution is 8.00. The highest BCUT2D eigenvalue weighted by Crippen LogP contribution is 2.26. The quantitative estimate of drug-likeness (QED) is 0.864. The summed E-state index contributed by atoms with van der Waals surface area (Å²) in [4.78, 5) is 0. The Balaban J connectivity index is 1.77. The van der Waals surface area contributed by atoms with Crippen molar-refractivity contribution in [2.45, 2.75) is 24.2 Å². The molecule has 2 atom stereocenters. The molecule has 0 spiro atoms. The predicted octanol–water partition coefficient (Wildman–Crippen LogP) is 2.86. The van der Waals surface area contributed by atoms with Crippen molar-refractivity contribution in [2.75, 3.05) is 18.8 Å². The van der Waals surface area contributed by atoms with E-state index in [4.69, 9.17) is 11.6 Å². The Labute approximate surface area is 112 Å². The fraction of sp³-hybridized carbons (Fsp3) is 0.538. The third-order valence-corrected chi connectivity index (χ3v) is 4.74. The molecular formula is C13H18ClNOS. The minimum atomic E-state index is -0.518. The summed E-state index contributed by atoms with van der Waals surface area (Å²) in [5.41, 5.74) is 0.806. The van der Waals surface area contributed by atoms with Gasteiger partial charge < -0.3 is 10.4 Å². The summed E-state index contributed by atoms with van der Waals surface area (Å²) in [6.45, 7) is 1.55. The largest absolute Gasteiger partial charge is 0.387 e. The van der Waals surface area contributed by atoms with Gasteiger partial charge in [-0.1, -0.05) is 29.8 Å². The number of aliphatic hydroxyl groups excluding tert-OH is 1. The van der Waals surface area contributed by atoms with Crippen LogP contribution in [0.3, 0.4) is 0 Å². The molecule has 2 rings (SSSR count). The second-order valence-corrected chi connectivity index (χ2v) is 6.15. The van der Waals surface area contributed by atoms with Gasteiger partial charge in [0.05, 0.1) is 6.10 Å². The fourth-order valence-corrected chi connectivity index (χ4v) is 3.54. The van der Waals surface area contributed by atoms with Gasteiger partial charge in [-0.15, -0.1) is 0 Å². The molecule has 94 valence electrons. The lowest BCUT2D eigenvalue weighted by molar-refractivity contribution is 0.175. The molecule has 1 saturated heterocycles. The number of thioether (sulfide) groups is 1. The van der Waals surface area contributed by atoms with Crippen LogP contribution in [0.2, 0.25) is 5.02 Å². The second-order valence-electron chi connectivity index (χ2n) is 4.33. The minimum Gasteiger partial charge on any atom is -0.387 e. The van der Waals surface area contributed by atoms with Crippen LogP contribution < -0.4 is 5.32 Å². The van der Waals surface area contributed by atoms with Crippen molar-refractivity contribution in [3.63, 3.8) is 0 Å². The van der Waals surface area contributed by atoms with Crippen molar-refractivity contribution in [2.24, 2.45) is 0 Å². The van der Waals surface area contributed by atoms with E-state index in [9.17, 15) is 5.11 Å². The molecule has 2 nitrogen and oxygen atoms in total. The summed E-state index contributed by atoms with van der Waals surface area (Å²) in [6, 6.07) is 7.46. The molecule has 1 fully saturated rings. The first-order valence-electron chi connectivity index (χ1n) is 6.02. The summed E-state index contributed by atoms with van der Waals surface area (Å²) in [5, 5.41) is 14.7. The van der Waals surface area contributed by atoms with Crippen molar-refractivity contribution < 1.29 is 5.11 Å². The van der Waals surface area contributed by atoms with Gasteiger partial charge in [0.2, 0.25) is 0 Å². The van der Waals surface area contributed by atoms with Crippen molar-refractivity contribution in [3.8, 4) is 0 Å². The third kappa shape index (κ3) is 3.88. The number of nitrogens with one attached hydrogen (secondary N) is 1. The molecule has 1 aliphatic rings. The lowest BCUT2D eigenvalue weighted by Crippen LogP contribution is -2.27. The molecule has 0 saturated carbocycles. The average Bonchev–Trinajstić information content (AvgIpc) is 2.82. The van der Waals surface area contributed by atoms with Gasteiger partial charge in [-0.25, -0.2) is 0 Å². The molecule has 0 bridgehead atoms. The molecule has 1 heterocycles. The van der Waals surface area contributed by atoms with Crippen LogP contribution >= 0.6 is 23.4 Å². The molecule has 0 amide bonds. The Kier molecular flexibility index (Phi) is 5.16. The molecule has 17 heavy (non-hydrogen) atoms. The van der Waals surface area contributed by atoms with Gasteiger partial charge in [0.1, 0.15) is 0 Å². The van der Waals surface area contributed by atoms with E-state index in [1.165, 1.54) is 18.6 Å². The van der Waals surface area contributed by atoms with E-state index in [1.807, 2.05) is 36.0 Å². The minimum absolute atomic E-state index is 0.518. The van der Waals surface area contributed by atoms with Crippen LogP contribution in [0.15, 0.2) is 24.3 Å². The summed E-state index contributed by atoms with van der Waals surface area (Å²) >= 11 is 8.06. The van der Waals surface area contributed by atoms with E-state index in [2.05, 4.69) is 5.32 Å². The molecular weight excluding hydrogens is 254 g/mol. The van der Waals surface area contributed by atoms with Crippen LogP contribution in [0, 0.1) is 0 Å². The van der Waals surface area contributed by atoms with Crippen LogP contribution in [0.4, 0.5) is 0 Å². The van der Waals surface area contributed by atoms with Crippen LogP contribution in [-0.2, 0) is 0 Å². The monoisotopic (exact) mass is 271 g/mol. The maximum absolute atomic E-state index is 10.0. The maximum Gasteiger partial charge on any atom is 0.0928 e. The molecule has 2 unspecified atom stereocenters. The number of aliphatic hydroxyl groups is 1. The molecule has 4 heteroatoms. The van der Waals surface area contributed by atoms with Gasteiger partial charge in [0.15, 0.2) is 0 Å². The van der Waals surface area contributed by atoms with Crippen LogP contribution in [0.5, 0.6) is 0 Å². The van der Waals surface area contributed by atoms with Gasteiger partial charge in [0, 0.05) is 28.9 Å². The first-order chi connectivity index (χ1) is 8.27. The van der Waals surface area contributed by atoms with Gasteiger partial charge in [-0.2, -0.15) is 11.8 Å². The van der Waals surface area contributed by atoms with Crippen LogP contribution in [0.1, 0.15) is 24.5 Å². The Morgan fingerprint density at radius 1 is 1.47 bits per heavy atom. The van der Waals surface area contributed by atoms with E-state index in [0.717, 1.165) is 12.1 Å². The Morgan fingerprint density at radius 3 is 3.00 bits per heavy atom. The summed E-state index contributed by atoms with van der Waals surface area (Å²) in [5.74, 6) is 1.28. The smallest absolute Gasteiger partial charge is 0.0928 e. The van der Waals surface area contributed by atoms with E-state index < -0.39 is 6.10 Å². The predicted molar refractivity (Wildman–Crippen MR) is 74.8 cm³/mol. The lowest BCUT2D eigenvalue weighted by Gasteiger charge is -2.15. The number of hydrogen-bond acceptors (Lipinski definition) is 3. The average molecular weight is 272 g/mol. The van der Waals surface area contributed by atoms with Crippen molar-refractivity contribution in [3.05, 3.63) is 34.9 Å². The van der Waals surface area contributed by atoms with Crippen molar-refractivity contribution in [1.29, 1.82) is 0 Å². The van der Waals surface area contributed by atoms with Gasteiger partial charge in [-0.05, 0) is 24.7 Å². The number of hydrogen-bond donors (Lipinski definition) is 2. The molecule has 0 aliphatic carbocycles. The first-order valence-corrected chi connectivity index (χ1v) is 7.45. The highest BCUT2D eigenvalue weighted by atomic mass is 35.5. The van der Waals surface area contributed by atoms with Crippen LogP contribution in [-0.4, -0.2) is 29.2 Å². The van der Waals surface area contributed by atoms with Crippen LogP contribution in [0.25, 0.3) is 0 Å². The molecule has 1 aliphatic heterocycles. The van der Waals surface area contributed by atoms with Crippen molar-refractivity contribution in [1.82, 2.24) is 5.32 Å². The van der Waals surface area contributed by atoms with E-state index >= 15 is 0 Å². The van der Waals surface area contributed by atoms with Crippen molar-refractivity contribution >= 4 is 23.4 Å². The lowest BCUT2D eigenvalue weighted by atomic mass is 10.1. The molecule has 1 aromatic rings. The zero-order chi connectivity index (χ0) is 12.1. The van der Waals surface area contributed by atoms with Gasteiger partial charge in [0.25, 0.3) is 0 Å². The molecule has 0 aromatic heterocycles. The molecule has 0 radical (unpaired) electrons. The molecule has 1 aromatic carbocycles. The standard InChI is InChI=1S/C13H18ClNOS/c14-12-6-2-1-5-11(12)13(16)9-15-8-10-4-3-7-17-10/h1-2,5-6,10,13,15-16H,3-4,7-9H2. The topological polar surface area (TPSA) is 32.3 Å². The summed E-state index contributed by atoms with van der Waals surface area (Å²) in [7, 11) is 0.